The van der Waals surface area contributed by atoms with E-state index in [0.29, 0.717) is 17.5 Å². The zero-order valence-corrected chi connectivity index (χ0v) is 17.3. The van der Waals surface area contributed by atoms with Gasteiger partial charge in [-0.05, 0) is 87.5 Å². The van der Waals surface area contributed by atoms with E-state index in [1.165, 1.54) is 19.3 Å². The molecule has 2 fully saturated rings. The Kier molecular flexibility index (Phi) is 5.61. The molecule has 0 radical (unpaired) electrons. The van der Waals surface area contributed by atoms with E-state index in [9.17, 15) is 13.2 Å². The van der Waals surface area contributed by atoms with Crippen molar-refractivity contribution in [2.45, 2.75) is 62.8 Å². The molecule has 28 heavy (non-hydrogen) atoms. The minimum absolute atomic E-state index is 0.00216. The summed E-state index contributed by atoms with van der Waals surface area (Å²) in [7, 11) is -3.55. The SMILES string of the molecule is CC(NS(=O)(=O)c1ccc(NC(=O)C2CC=CCC2)cc1)C1CC2CCC1C2. The van der Waals surface area contributed by atoms with Gasteiger partial charge in [-0.15, -0.1) is 0 Å². The minimum atomic E-state index is -3.55. The summed E-state index contributed by atoms with van der Waals surface area (Å²) in [5.41, 5.74) is 0.639. The molecule has 1 aromatic rings. The fourth-order valence-corrected chi connectivity index (χ4v) is 6.59. The third-order valence-corrected chi connectivity index (χ3v) is 8.42. The predicted octanol–water partition coefficient (Wildman–Crippen LogP) is 4.08. The molecule has 2 bridgehead atoms. The second-order valence-corrected chi connectivity index (χ2v) is 10.5. The Labute approximate surface area is 168 Å². The van der Waals surface area contributed by atoms with Crippen LogP contribution in [0.25, 0.3) is 0 Å². The Morgan fingerprint density at radius 2 is 1.86 bits per heavy atom. The van der Waals surface area contributed by atoms with Crippen LogP contribution < -0.4 is 10.0 Å². The predicted molar refractivity (Wildman–Crippen MR) is 110 cm³/mol. The number of rotatable bonds is 6. The highest BCUT2D eigenvalue weighted by Gasteiger charge is 2.42. The molecule has 0 aliphatic heterocycles. The van der Waals surface area contributed by atoms with Crippen LogP contribution in [-0.2, 0) is 14.8 Å². The Balaban J connectivity index is 1.37. The topological polar surface area (TPSA) is 75.3 Å². The lowest BCUT2D eigenvalue weighted by atomic mass is 9.84. The van der Waals surface area contributed by atoms with Crippen molar-refractivity contribution in [3.8, 4) is 0 Å². The fourth-order valence-electron chi connectivity index (χ4n) is 5.30. The van der Waals surface area contributed by atoms with Crippen LogP contribution in [0.2, 0.25) is 0 Å². The van der Waals surface area contributed by atoms with Crippen molar-refractivity contribution in [1.82, 2.24) is 4.72 Å². The molecule has 5 unspecified atom stereocenters. The maximum atomic E-state index is 12.8. The lowest BCUT2D eigenvalue weighted by molar-refractivity contribution is -0.120. The number of hydrogen-bond acceptors (Lipinski definition) is 3. The summed E-state index contributed by atoms with van der Waals surface area (Å²) in [5.74, 6) is 1.93. The average Bonchev–Trinajstić information content (AvgIpc) is 3.32. The number of benzene rings is 1. The van der Waals surface area contributed by atoms with Gasteiger partial charge < -0.3 is 5.32 Å². The van der Waals surface area contributed by atoms with Gasteiger partial charge in [-0.2, -0.15) is 0 Å². The Bertz CT molecular complexity index is 847. The number of fused-ring (bicyclic) bond motifs is 2. The molecule has 0 spiro atoms. The maximum absolute atomic E-state index is 12.8. The van der Waals surface area contributed by atoms with Crippen molar-refractivity contribution >= 4 is 21.6 Å². The first-order valence-electron chi connectivity index (χ1n) is 10.5. The summed E-state index contributed by atoms with van der Waals surface area (Å²) in [6.07, 6.45) is 11.7. The van der Waals surface area contributed by atoms with E-state index in [2.05, 4.69) is 16.1 Å². The molecule has 2 saturated carbocycles. The highest BCUT2D eigenvalue weighted by atomic mass is 32.2. The van der Waals surface area contributed by atoms with Crippen molar-refractivity contribution < 1.29 is 13.2 Å². The standard InChI is InChI=1S/C22H30N2O3S/c1-15(21-14-16-7-8-18(21)13-16)24-28(26,27)20-11-9-19(10-12-20)23-22(25)17-5-3-2-4-6-17/h2-3,9-12,15-18,21,24H,4-8,13-14H2,1H3,(H,23,25). The summed E-state index contributed by atoms with van der Waals surface area (Å²) < 4.78 is 28.4. The zero-order valence-electron chi connectivity index (χ0n) is 16.4. The summed E-state index contributed by atoms with van der Waals surface area (Å²) in [4.78, 5) is 12.6. The number of allylic oxidation sites excluding steroid dienone is 2. The van der Waals surface area contributed by atoms with Crippen LogP contribution in [0.3, 0.4) is 0 Å². The number of amides is 1. The van der Waals surface area contributed by atoms with E-state index < -0.39 is 10.0 Å². The van der Waals surface area contributed by atoms with Crippen LogP contribution in [0, 0.1) is 23.7 Å². The van der Waals surface area contributed by atoms with E-state index in [1.54, 1.807) is 24.3 Å². The van der Waals surface area contributed by atoms with Gasteiger partial charge in [-0.25, -0.2) is 13.1 Å². The van der Waals surface area contributed by atoms with Crippen molar-refractivity contribution in [2.75, 3.05) is 5.32 Å². The summed E-state index contributed by atoms with van der Waals surface area (Å²) in [6.45, 7) is 2.00. The fraction of sp³-hybridized carbons (Fsp3) is 0.591. The third-order valence-electron chi connectivity index (χ3n) is 6.85. The van der Waals surface area contributed by atoms with Gasteiger partial charge in [-0.1, -0.05) is 18.6 Å². The summed E-state index contributed by atoms with van der Waals surface area (Å²) in [6, 6.07) is 6.46. The Morgan fingerprint density at radius 3 is 2.46 bits per heavy atom. The molecule has 4 rings (SSSR count). The Hall–Kier alpha value is -1.66. The average molecular weight is 403 g/mol. The molecule has 3 aliphatic carbocycles. The van der Waals surface area contributed by atoms with E-state index in [1.807, 2.05) is 13.0 Å². The minimum Gasteiger partial charge on any atom is -0.326 e. The number of nitrogens with one attached hydrogen (secondary N) is 2. The van der Waals surface area contributed by atoms with Gasteiger partial charge in [0.05, 0.1) is 4.90 Å². The van der Waals surface area contributed by atoms with E-state index in [-0.39, 0.29) is 22.8 Å². The van der Waals surface area contributed by atoms with Crippen LogP contribution in [0.4, 0.5) is 5.69 Å². The molecule has 0 heterocycles. The molecule has 2 N–H and O–H groups in total. The second-order valence-electron chi connectivity index (χ2n) is 8.74. The highest BCUT2D eigenvalue weighted by Crippen LogP contribution is 2.49. The third kappa shape index (κ3) is 4.18. The molecule has 6 heteroatoms. The van der Waals surface area contributed by atoms with E-state index >= 15 is 0 Å². The van der Waals surface area contributed by atoms with Gasteiger partial charge in [0.1, 0.15) is 0 Å². The van der Waals surface area contributed by atoms with Gasteiger partial charge in [0.2, 0.25) is 15.9 Å². The highest BCUT2D eigenvalue weighted by molar-refractivity contribution is 7.89. The first kappa shape index (κ1) is 19.6. The second kappa shape index (κ2) is 7.99. The normalized spacial score (nSPS) is 30.3. The van der Waals surface area contributed by atoms with Crippen LogP contribution in [0.5, 0.6) is 0 Å². The molecular formula is C22H30N2O3S. The first-order valence-corrected chi connectivity index (χ1v) is 12.0. The van der Waals surface area contributed by atoms with Gasteiger partial charge in [0, 0.05) is 17.6 Å². The molecule has 0 aromatic heterocycles. The van der Waals surface area contributed by atoms with Gasteiger partial charge >= 0.3 is 0 Å². The number of anilines is 1. The quantitative estimate of drug-likeness (QED) is 0.704. The van der Waals surface area contributed by atoms with Crippen LogP contribution in [-0.4, -0.2) is 20.4 Å². The monoisotopic (exact) mass is 402 g/mol. The number of sulfonamides is 1. The number of hydrogen-bond donors (Lipinski definition) is 2. The molecule has 1 amide bonds. The first-order chi connectivity index (χ1) is 13.4. The number of carbonyl (C=O) groups excluding carboxylic acids is 1. The van der Waals surface area contributed by atoms with Gasteiger partial charge in [-0.3, -0.25) is 4.79 Å². The van der Waals surface area contributed by atoms with Crippen LogP contribution in [0.1, 0.15) is 51.9 Å². The van der Waals surface area contributed by atoms with E-state index in [4.69, 9.17) is 0 Å². The maximum Gasteiger partial charge on any atom is 0.240 e. The summed E-state index contributed by atoms with van der Waals surface area (Å²) in [5, 5.41) is 2.91. The van der Waals surface area contributed by atoms with E-state index in [0.717, 1.165) is 31.6 Å². The smallest absolute Gasteiger partial charge is 0.240 e. The lowest BCUT2D eigenvalue weighted by Gasteiger charge is -2.28. The van der Waals surface area contributed by atoms with Crippen LogP contribution >= 0.6 is 0 Å². The molecule has 5 nitrogen and oxygen atoms in total. The molecular weight excluding hydrogens is 372 g/mol. The van der Waals surface area contributed by atoms with Crippen molar-refractivity contribution in [3.63, 3.8) is 0 Å². The van der Waals surface area contributed by atoms with Crippen molar-refractivity contribution in [1.29, 1.82) is 0 Å². The Morgan fingerprint density at radius 1 is 1.07 bits per heavy atom. The number of carbonyl (C=O) groups is 1. The largest absolute Gasteiger partial charge is 0.326 e. The van der Waals surface area contributed by atoms with Gasteiger partial charge in [0.15, 0.2) is 0 Å². The molecule has 152 valence electrons. The lowest BCUT2D eigenvalue weighted by Crippen LogP contribution is -2.40. The summed E-state index contributed by atoms with van der Waals surface area (Å²) >= 11 is 0. The van der Waals surface area contributed by atoms with Crippen molar-refractivity contribution in [3.05, 3.63) is 36.4 Å². The molecule has 0 saturated heterocycles. The van der Waals surface area contributed by atoms with Crippen LogP contribution in [0.15, 0.2) is 41.3 Å². The molecule has 1 aromatic carbocycles. The molecule has 3 aliphatic rings. The van der Waals surface area contributed by atoms with Gasteiger partial charge in [0.25, 0.3) is 0 Å². The van der Waals surface area contributed by atoms with Crippen molar-refractivity contribution in [2.24, 2.45) is 23.7 Å². The molecule has 5 atom stereocenters. The zero-order chi connectivity index (χ0) is 19.7.